The second-order valence-corrected chi connectivity index (χ2v) is 14.2. The van der Waals surface area contributed by atoms with Crippen LogP contribution in [-0.4, -0.2) is 53.2 Å². The molecular weight excluding hydrogens is 486 g/mol. The van der Waals surface area contributed by atoms with E-state index in [1.807, 2.05) is 17.0 Å². The Morgan fingerprint density at radius 1 is 1.10 bits per heavy atom. The number of pyridine rings is 1. The first-order valence-corrected chi connectivity index (χ1v) is 15.8. The number of anilines is 1. The summed E-state index contributed by atoms with van der Waals surface area (Å²) < 4.78 is 0. The van der Waals surface area contributed by atoms with Crippen molar-refractivity contribution >= 4 is 11.6 Å². The molecule has 0 unspecified atom stereocenters. The second-order valence-electron chi connectivity index (χ2n) is 14.2. The highest BCUT2D eigenvalue weighted by atomic mass is 16.3. The number of aromatic amines is 1. The fourth-order valence-electron chi connectivity index (χ4n) is 10.2. The van der Waals surface area contributed by atoms with Crippen molar-refractivity contribution in [3.05, 3.63) is 40.3 Å². The van der Waals surface area contributed by atoms with Gasteiger partial charge in [0.05, 0.1) is 6.10 Å². The second kappa shape index (κ2) is 10.4. The third-order valence-corrected chi connectivity index (χ3v) is 12.4. The van der Waals surface area contributed by atoms with Gasteiger partial charge in [0.25, 0.3) is 5.56 Å². The van der Waals surface area contributed by atoms with Crippen molar-refractivity contribution in [3.63, 3.8) is 0 Å². The van der Waals surface area contributed by atoms with E-state index in [2.05, 4.69) is 36.7 Å². The van der Waals surface area contributed by atoms with Crippen molar-refractivity contribution in [3.8, 4) is 0 Å². The molecule has 3 saturated carbocycles. The number of rotatable bonds is 5. The van der Waals surface area contributed by atoms with E-state index in [4.69, 9.17) is 0 Å². The van der Waals surface area contributed by atoms with Crippen LogP contribution in [0, 0.1) is 40.4 Å². The Morgan fingerprint density at radius 2 is 1.90 bits per heavy atom. The topological polar surface area (TPSA) is 76.6 Å². The van der Waals surface area contributed by atoms with E-state index in [0.717, 1.165) is 43.4 Å². The van der Waals surface area contributed by atoms with Crippen molar-refractivity contribution in [1.82, 2.24) is 9.88 Å². The van der Waals surface area contributed by atoms with Crippen LogP contribution in [0.1, 0.15) is 85.0 Å². The van der Waals surface area contributed by atoms with Crippen LogP contribution in [-0.2, 0) is 4.79 Å². The first kappa shape index (κ1) is 27.1. The van der Waals surface area contributed by atoms with Gasteiger partial charge in [-0.15, -0.1) is 0 Å². The minimum Gasteiger partial charge on any atom is -0.393 e. The molecule has 0 radical (unpaired) electrons. The highest BCUT2D eigenvalue weighted by molar-refractivity contribution is 5.76. The van der Waals surface area contributed by atoms with Gasteiger partial charge in [0, 0.05) is 38.8 Å². The van der Waals surface area contributed by atoms with Gasteiger partial charge in [0.1, 0.15) is 5.69 Å². The monoisotopic (exact) mass is 535 g/mol. The van der Waals surface area contributed by atoms with Crippen LogP contribution in [0.5, 0.6) is 0 Å². The van der Waals surface area contributed by atoms with Crippen molar-refractivity contribution in [2.45, 2.75) is 91.1 Å². The van der Waals surface area contributed by atoms with Crippen LogP contribution in [0.25, 0.3) is 0 Å². The Morgan fingerprint density at radius 3 is 2.67 bits per heavy atom. The summed E-state index contributed by atoms with van der Waals surface area (Å²) in [6, 6.07) is 3.73. The Labute approximate surface area is 234 Å². The van der Waals surface area contributed by atoms with Crippen molar-refractivity contribution in [2.75, 3.05) is 31.1 Å². The largest absolute Gasteiger partial charge is 0.393 e. The molecule has 0 spiro atoms. The van der Waals surface area contributed by atoms with Gasteiger partial charge in [-0.2, -0.15) is 0 Å². The zero-order valence-corrected chi connectivity index (χ0v) is 24.3. The fourth-order valence-corrected chi connectivity index (χ4v) is 10.2. The molecule has 1 aromatic heterocycles. The Bertz CT molecular complexity index is 1150. The van der Waals surface area contributed by atoms with E-state index < -0.39 is 0 Å². The zero-order chi connectivity index (χ0) is 27.4. The number of aromatic nitrogens is 1. The van der Waals surface area contributed by atoms with Crippen molar-refractivity contribution in [1.29, 1.82) is 0 Å². The Hall–Kier alpha value is -2.08. The molecule has 39 heavy (non-hydrogen) atoms. The molecule has 2 heterocycles. The van der Waals surface area contributed by atoms with Crippen LogP contribution in [0.4, 0.5) is 5.69 Å². The summed E-state index contributed by atoms with van der Waals surface area (Å²) in [5.41, 5.74) is 2.91. The normalized spacial score (nSPS) is 38.9. The molecule has 1 aliphatic heterocycles. The maximum absolute atomic E-state index is 13.2. The van der Waals surface area contributed by atoms with Gasteiger partial charge < -0.3 is 19.9 Å². The van der Waals surface area contributed by atoms with Crippen LogP contribution < -0.4 is 10.5 Å². The summed E-state index contributed by atoms with van der Waals surface area (Å²) in [7, 11) is 0. The van der Waals surface area contributed by atoms with Crippen LogP contribution in [0.15, 0.2) is 34.8 Å². The predicted octanol–water partition coefficient (Wildman–Crippen LogP) is 5.38. The van der Waals surface area contributed by atoms with Gasteiger partial charge in [0.2, 0.25) is 5.91 Å². The number of nitrogens with zero attached hydrogens (tertiary/aromatic N) is 2. The first-order valence-electron chi connectivity index (χ1n) is 15.8. The number of carbonyl (C=O) groups is 1. The molecular formula is C33H49N3O3. The van der Waals surface area contributed by atoms with E-state index in [0.29, 0.717) is 61.0 Å². The number of H-pyrrole nitrogens is 1. The SMILES string of the molecule is C[C@H](CCC(=O)N1CCN(c2ccc[nH]c2=O)CC1)[C@H]1CC[C@H]2[C@@H]3CC=C4C[C@@H](O)CC[C@]4(C)[C@H]3CC[C@]12C. The first-order chi connectivity index (χ1) is 18.7. The lowest BCUT2D eigenvalue weighted by atomic mass is 9.47. The number of allylic oxidation sites excluding steroid dienone is 1. The standard InChI is InChI=1S/C33H49N3O3/c1-22(6-11-30(38)36-19-17-35(18-20-36)29-5-4-16-34-31(29)39)26-9-10-27-25-8-7-23-21-24(37)12-14-32(23,2)28(25)13-15-33(26,27)3/h4-5,7,16,22,24-28,37H,6,8-15,17-21H2,1-3H3,(H,34,39)/t22-,24+,25+,26-,27+,28+,32+,33-/m1/s1. The fraction of sp³-hybridized carbons (Fsp3) is 0.758. The number of fused-ring (bicyclic) bond motifs is 5. The maximum atomic E-state index is 13.2. The summed E-state index contributed by atoms with van der Waals surface area (Å²) in [6.07, 6.45) is 15.2. The molecule has 6 rings (SSSR count). The quantitative estimate of drug-likeness (QED) is 0.497. The van der Waals surface area contributed by atoms with E-state index >= 15 is 0 Å². The number of amides is 1. The molecule has 1 amide bonds. The van der Waals surface area contributed by atoms with Gasteiger partial charge in [-0.3, -0.25) is 9.59 Å². The van der Waals surface area contributed by atoms with Gasteiger partial charge in [-0.1, -0.05) is 32.4 Å². The number of nitrogens with one attached hydrogen (secondary N) is 1. The molecule has 1 saturated heterocycles. The molecule has 214 valence electrons. The molecule has 6 heteroatoms. The van der Waals surface area contributed by atoms with Crippen LogP contribution in [0.2, 0.25) is 0 Å². The highest BCUT2D eigenvalue weighted by Crippen LogP contribution is 2.67. The zero-order valence-electron chi connectivity index (χ0n) is 24.3. The summed E-state index contributed by atoms with van der Waals surface area (Å²) in [5, 5.41) is 10.3. The number of piperazine rings is 1. The molecule has 2 N–H and O–H groups in total. The van der Waals surface area contributed by atoms with Gasteiger partial charge >= 0.3 is 0 Å². The lowest BCUT2D eigenvalue weighted by Gasteiger charge is -2.58. The Balaban J connectivity index is 1.04. The molecule has 8 atom stereocenters. The third kappa shape index (κ3) is 4.69. The summed E-state index contributed by atoms with van der Waals surface area (Å²) in [5.74, 6) is 3.94. The smallest absolute Gasteiger partial charge is 0.271 e. The number of hydrogen-bond donors (Lipinski definition) is 2. The van der Waals surface area contributed by atoms with E-state index in [1.165, 1.54) is 32.1 Å². The third-order valence-electron chi connectivity index (χ3n) is 12.4. The van der Waals surface area contributed by atoms with Crippen molar-refractivity contribution in [2.24, 2.45) is 40.4 Å². The minimum atomic E-state index is -0.133. The molecule has 5 aliphatic rings. The molecule has 4 aliphatic carbocycles. The average Bonchev–Trinajstić information content (AvgIpc) is 3.29. The maximum Gasteiger partial charge on any atom is 0.271 e. The van der Waals surface area contributed by atoms with Gasteiger partial charge in [0.15, 0.2) is 0 Å². The van der Waals surface area contributed by atoms with E-state index in [9.17, 15) is 14.7 Å². The van der Waals surface area contributed by atoms with Gasteiger partial charge in [-0.05, 0) is 110 Å². The summed E-state index contributed by atoms with van der Waals surface area (Å²) in [6.45, 7) is 10.3. The number of hydrogen-bond acceptors (Lipinski definition) is 4. The Kier molecular flexibility index (Phi) is 7.22. The van der Waals surface area contributed by atoms with E-state index in [1.54, 1.807) is 11.8 Å². The molecule has 6 nitrogen and oxygen atoms in total. The number of aliphatic hydroxyl groups excluding tert-OH is 1. The lowest BCUT2D eigenvalue weighted by molar-refractivity contribution is -0.132. The van der Waals surface area contributed by atoms with Gasteiger partial charge in [-0.25, -0.2) is 0 Å². The average molecular weight is 536 g/mol. The molecule has 0 bridgehead atoms. The lowest BCUT2D eigenvalue weighted by Crippen LogP contribution is -2.51. The van der Waals surface area contributed by atoms with Crippen molar-refractivity contribution < 1.29 is 9.90 Å². The molecule has 0 aromatic carbocycles. The number of carbonyl (C=O) groups excluding carboxylic acids is 1. The summed E-state index contributed by atoms with van der Waals surface area (Å²) >= 11 is 0. The van der Waals surface area contributed by atoms with E-state index in [-0.39, 0.29) is 17.6 Å². The molecule has 1 aromatic rings. The van der Waals surface area contributed by atoms with Crippen LogP contribution in [0.3, 0.4) is 0 Å². The van der Waals surface area contributed by atoms with Crippen LogP contribution >= 0.6 is 0 Å². The minimum absolute atomic E-state index is 0.0557. The predicted molar refractivity (Wildman–Crippen MR) is 155 cm³/mol. The summed E-state index contributed by atoms with van der Waals surface area (Å²) in [4.78, 5) is 32.2. The number of aliphatic hydroxyl groups is 1. The highest BCUT2D eigenvalue weighted by Gasteiger charge is 2.59. The molecule has 4 fully saturated rings.